The smallest absolute Gasteiger partial charge is 0.0479 e. The van der Waals surface area contributed by atoms with Gasteiger partial charge in [0, 0.05) is 16.0 Å². The lowest BCUT2D eigenvalue weighted by atomic mass is 10.1. The van der Waals surface area contributed by atoms with Crippen LogP contribution in [0.1, 0.15) is 25.8 Å². The van der Waals surface area contributed by atoms with Gasteiger partial charge in [-0.2, -0.15) is 0 Å². The van der Waals surface area contributed by atoms with E-state index in [1.165, 1.54) is 5.57 Å². The number of benzene rings is 1. The third-order valence-electron chi connectivity index (χ3n) is 2.19. The van der Waals surface area contributed by atoms with Gasteiger partial charge in [-0.1, -0.05) is 46.1 Å². The Balaban J connectivity index is 2.69. The largest absolute Gasteiger partial charge is 0.313 e. The van der Waals surface area contributed by atoms with Crippen LogP contribution in [0.15, 0.2) is 28.2 Å². The first-order chi connectivity index (χ1) is 7.63. The summed E-state index contributed by atoms with van der Waals surface area (Å²) >= 11 is 9.56. The maximum absolute atomic E-state index is 6.12. The Labute approximate surface area is 111 Å². The first-order valence-electron chi connectivity index (χ1n) is 5.46. The molecular weight excluding hydrogens is 286 g/mol. The fraction of sp³-hybridized carbons (Fsp3) is 0.385. The van der Waals surface area contributed by atoms with Gasteiger partial charge >= 0.3 is 0 Å². The maximum Gasteiger partial charge on any atom is 0.0479 e. The summed E-state index contributed by atoms with van der Waals surface area (Å²) in [6, 6.07) is 5.89. The molecule has 0 aliphatic carbocycles. The normalized spacial score (nSPS) is 11.9. The molecule has 88 valence electrons. The average molecular weight is 303 g/mol. The van der Waals surface area contributed by atoms with Crippen LogP contribution < -0.4 is 5.32 Å². The van der Waals surface area contributed by atoms with E-state index >= 15 is 0 Å². The van der Waals surface area contributed by atoms with E-state index in [-0.39, 0.29) is 0 Å². The number of nitrogens with one attached hydrogen (secondary N) is 1. The third-order valence-corrected chi connectivity index (χ3v) is 3.03. The lowest BCUT2D eigenvalue weighted by Crippen LogP contribution is -2.16. The predicted octanol–water partition coefficient (Wildman–Crippen LogP) is 4.51. The van der Waals surface area contributed by atoms with E-state index in [2.05, 4.69) is 41.2 Å². The summed E-state index contributed by atoms with van der Waals surface area (Å²) in [6.45, 7) is 6.24. The van der Waals surface area contributed by atoms with Crippen LogP contribution >= 0.6 is 27.5 Å². The highest BCUT2D eigenvalue weighted by Gasteiger charge is 1.99. The molecule has 0 spiro atoms. The highest BCUT2D eigenvalue weighted by molar-refractivity contribution is 9.10. The summed E-state index contributed by atoms with van der Waals surface area (Å²) in [5.41, 5.74) is 2.35. The van der Waals surface area contributed by atoms with E-state index in [0.29, 0.717) is 0 Å². The molecule has 0 amide bonds. The Bertz CT molecular complexity index is 374. The van der Waals surface area contributed by atoms with Gasteiger partial charge < -0.3 is 5.32 Å². The van der Waals surface area contributed by atoms with E-state index in [1.807, 2.05) is 18.2 Å². The molecule has 1 N–H and O–H groups in total. The summed E-state index contributed by atoms with van der Waals surface area (Å²) in [5, 5.41) is 4.16. The van der Waals surface area contributed by atoms with Crippen LogP contribution in [0.3, 0.4) is 0 Å². The van der Waals surface area contributed by atoms with Gasteiger partial charge in [-0.15, -0.1) is 0 Å². The van der Waals surface area contributed by atoms with Crippen molar-refractivity contribution < 1.29 is 0 Å². The van der Waals surface area contributed by atoms with Gasteiger partial charge in [0.2, 0.25) is 0 Å². The second-order valence-corrected chi connectivity index (χ2v) is 5.16. The zero-order chi connectivity index (χ0) is 12.0. The summed E-state index contributed by atoms with van der Waals surface area (Å²) in [7, 11) is 0. The van der Waals surface area contributed by atoms with Crippen molar-refractivity contribution in [3.8, 4) is 0 Å². The molecule has 0 atom stereocenters. The van der Waals surface area contributed by atoms with Gasteiger partial charge in [-0.05, 0) is 43.7 Å². The minimum Gasteiger partial charge on any atom is -0.313 e. The second kappa shape index (κ2) is 7.10. The Hall–Kier alpha value is -0.310. The van der Waals surface area contributed by atoms with Crippen molar-refractivity contribution in [2.24, 2.45) is 0 Å². The predicted molar refractivity (Wildman–Crippen MR) is 76.0 cm³/mol. The van der Waals surface area contributed by atoms with Crippen LogP contribution in [-0.4, -0.2) is 13.1 Å². The van der Waals surface area contributed by atoms with E-state index in [9.17, 15) is 0 Å². The molecule has 0 aromatic heterocycles. The van der Waals surface area contributed by atoms with Crippen molar-refractivity contribution in [2.75, 3.05) is 13.1 Å². The van der Waals surface area contributed by atoms with Crippen LogP contribution in [0.4, 0.5) is 0 Å². The topological polar surface area (TPSA) is 12.0 Å². The summed E-state index contributed by atoms with van der Waals surface area (Å²) in [6.07, 6.45) is 3.28. The fourth-order valence-corrected chi connectivity index (χ4v) is 1.95. The summed E-state index contributed by atoms with van der Waals surface area (Å²) in [5.74, 6) is 0. The number of hydrogen-bond donors (Lipinski definition) is 1. The first-order valence-corrected chi connectivity index (χ1v) is 6.63. The van der Waals surface area contributed by atoms with E-state index in [0.717, 1.165) is 34.6 Å². The minimum absolute atomic E-state index is 0.790. The molecule has 0 bridgehead atoms. The zero-order valence-corrected chi connectivity index (χ0v) is 12.0. The van der Waals surface area contributed by atoms with Crippen molar-refractivity contribution in [2.45, 2.75) is 20.3 Å². The Morgan fingerprint density at radius 3 is 2.94 bits per heavy atom. The molecule has 0 aliphatic heterocycles. The molecule has 1 rings (SSSR count). The van der Waals surface area contributed by atoms with E-state index in [1.54, 1.807) is 0 Å². The number of rotatable bonds is 5. The molecule has 0 fully saturated rings. The lowest BCUT2D eigenvalue weighted by Gasteiger charge is -2.05. The van der Waals surface area contributed by atoms with Crippen LogP contribution in [0.5, 0.6) is 0 Å². The van der Waals surface area contributed by atoms with Gasteiger partial charge in [0.15, 0.2) is 0 Å². The molecule has 0 heterocycles. The zero-order valence-electron chi connectivity index (χ0n) is 9.69. The Morgan fingerprint density at radius 1 is 1.50 bits per heavy atom. The average Bonchev–Trinajstić information content (AvgIpc) is 2.24. The monoisotopic (exact) mass is 301 g/mol. The molecule has 3 heteroatoms. The second-order valence-electron chi connectivity index (χ2n) is 3.83. The Kier molecular flexibility index (Phi) is 6.10. The van der Waals surface area contributed by atoms with Crippen LogP contribution in [-0.2, 0) is 0 Å². The Morgan fingerprint density at radius 2 is 2.25 bits per heavy atom. The van der Waals surface area contributed by atoms with Crippen LogP contribution in [0.2, 0.25) is 5.02 Å². The minimum atomic E-state index is 0.790. The molecule has 0 saturated carbocycles. The molecule has 0 unspecified atom stereocenters. The summed E-state index contributed by atoms with van der Waals surface area (Å²) in [4.78, 5) is 0. The lowest BCUT2D eigenvalue weighted by molar-refractivity contribution is 0.715. The van der Waals surface area contributed by atoms with Crippen LogP contribution in [0, 0.1) is 0 Å². The van der Waals surface area contributed by atoms with Gasteiger partial charge in [0.25, 0.3) is 0 Å². The molecule has 0 radical (unpaired) electrons. The van der Waals surface area contributed by atoms with Crippen molar-refractivity contribution in [1.82, 2.24) is 5.32 Å². The first kappa shape index (κ1) is 13.8. The molecule has 0 aliphatic rings. The summed E-state index contributed by atoms with van der Waals surface area (Å²) < 4.78 is 1.05. The molecule has 16 heavy (non-hydrogen) atoms. The highest BCUT2D eigenvalue weighted by atomic mass is 79.9. The van der Waals surface area contributed by atoms with E-state index < -0.39 is 0 Å². The van der Waals surface area contributed by atoms with Crippen LogP contribution in [0.25, 0.3) is 6.08 Å². The standard InChI is InChI=1S/C13H17BrClN/c1-3-6-16-9-10(2)7-11-8-12(14)4-5-13(11)15/h4-5,7-8,16H,3,6,9H2,1-2H3/b10-7+. The van der Waals surface area contributed by atoms with E-state index in [4.69, 9.17) is 11.6 Å². The SMILES string of the molecule is CCCNC/C(C)=C/c1cc(Br)ccc1Cl. The quantitative estimate of drug-likeness (QED) is 0.789. The molecule has 1 aromatic carbocycles. The van der Waals surface area contributed by atoms with Crippen molar-refractivity contribution >= 4 is 33.6 Å². The third kappa shape index (κ3) is 4.69. The molecule has 1 nitrogen and oxygen atoms in total. The number of hydrogen-bond acceptors (Lipinski definition) is 1. The molecular formula is C13H17BrClN. The maximum atomic E-state index is 6.12. The fourth-order valence-electron chi connectivity index (χ4n) is 1.40. The molecule has 1 aromatic rings. The van der Waals surface area contributed by atoms with Gasteiger partial charge in [0.1, 0.15) is 0 Å². The number of halogens is 2. The van der Waals surface area contributed by atoms with Crippen molar-refractivity contribution in [1.29, 1.82) is 0 Å². The van der Waals surface area contributed by atoms with Crippen molar-refractivity contribution in [3.05, 3.63) is 38.8 Å². The molecule has 0 saturated heterocycles. The van der Waals surface area contributed by atoms with Crippen molar-refractivity contribution in [3.63, 3.8) is 0 Å². The van der Waals surface area contributed by atoms with Gasteiger partial charge in [-0.3, -0.25) is 0 Å². The highest BCUT2D eigenvalue weighted by Crippen LogP contribution is 2.23. The van der Waals surface area contributed by atoms with Gasteiger partial charge in [0.05, 0.1) is 0 Å². The van der Waals surface area contributed by atoms with Gasteiger partial charge in [-0.25, -0.2) is 0 Å².